The second kappa shape index (κ2) is 9.88. The van der Waals surface area contributed by atoms with Crippen molar-refractivity contribution in [3.05, 3.63) is 24.2 Å². The molecule has 0 spiro atoms. The van der Waals surface area contributed by atoms with E-state index in [1.165, 1.54) is 32.4 Å². The van der Waals surface area contributed by atoms with Crippen LogP contribution < -0.4 is 0 Å². The van der Waals surface area contributed by atoms with Gasteiger partial charge in [0.2, 0.25) is 0 Å². The third-order valence-corrected chi connectivity index (χ3v) is 6.13. The molecule has 1 N–H and O–H groups in total. The highest BCUT2D eigenvalue weighted by Crippen LogP contribution is 2.23. The predicted octanol–water partition coefficient (Wildman–Crippen LogP) is 2.66. The van der Waals surface area contributed by atoms with Crippen molar-refractivity contribution in [1.29, 1.82) is 0 Å². The quantitative estimate of drug-likeness (QED) is 0.769. The molecular formula is C21H37N3O2. The Morgan fingerprint density at radius 1 is 1.19 bits per heavy atom. The van der Waals surface area contributed by atoms with Crippen LogP contribution in [-0.2, 0) is 6.54 Å². The van der Waals surface area contributed by atoms with Gasteiger partial charge in [0.1, 0.15) is 5.76 Å². The lowest BCUT2D eigenvalue weighted by Crippen LogP contribution is -2.57. The Morgan fingerprint density at radius 2 is 2.00 bits per heavy atom. The van der Waals surface area contributed by atoms with E-state index >= 15 is 0 Å². The minimum Gasteiger partial charge on any atom is -0.468 e. The molecular weight excluding hydrogens is 326 g/mol. The van der Waals surface area contributed by atoms with Crippen molar-refractivity contribution >= 4 is 0 Å². The van der Waals surface area contributed by atoms with Gasteiger partial charge in [-0.1, -0.05) is 13.8 Å². The van der Waals surface area contributed by atoms with Crippen LogP contribution in [0.3, 0.4) is 0 Å². The fraction of sp³-hybridized carbons (Fsp3) is 0.810. The highest BCUT2D eigenvalue weighted by molar-refractivity contribution is 4.98. The van der Waals surface area contributed by atoms with E-state index in [1.54, 1.807) is 6.26 Å². The molecule has 148 valence electrons. The zero-order chi connectivity index (χ0) is 18.4. The van der Waals surface area contributed by atoms with Gasteiger partial charge >= 0.3 is 0 Å². The van der Waals surface area contributed by atoms with Crippen LogP contribution in [0.4, 0.5) is 0 Å². The Balaban J connectivity index is 1.46. The normalized spacial score (nSPS) is 24.5. The van der Waals surface area contributed by atoms with Crippen LogP contribution in [0.25, 0.3) is 0 Å². The fourth-order valence-electron chi connectivity index (χ4n) is 4.46. The molecule has 1 atom stereocenters. The maximum atomic E-state index is 9.51. The first kappa shape index (κ1) is 19.9. The number of aliphatic hydroxyl groups is 1. The van der Waals surface area contributed by atoms with Gasteiger partial charge in [-0.05, 0) is 50.3 Å². The largest absolute Gasteiger partial charge is 0.468 e. The number of piperidine rings is 1. The molecule has 1 aromatic rings. The second-order valence-corrected chi connectivity index (χ2v) is 8.47. The number of likely N-dealkylation sites (tertiary alicyclic amines) is 1. The maximum absolute atomic E-state index is 9.51. The Kier molecular flexibility index (Phi) is 7.55. The lowest BCUT2D eigenvalue weighted by molar-refractivity contribution is 0.0137. The summed E-state index contributed by atoms with van der Waals surface area (Å²) in [5.74, 6) is 1.83. The number of nitrogens with zero attached hydrogens (tertiary/aromatic N) is 3. The summed E-state index contributed by atoms with van der Waals surface area (Å²) in [6.07, 6.45) is 6.43. The molecule has 3 rings (SSSR count). The first-order valence-electron chi connectivity index (χ1n) is 10.5. The van der Waals surface area contributed by atoms with Crippen molar-refractivity contribution in [1.82, 2.24) is 14.7 Å². The minimum atomic E-state index is 0.304. The Morgan fingerprint density at radius 3 is 2.65 bits per heavy atom. The smallest absolute Gasteiger partial charge is 0.117 e. The Labute approximate surface area is 158 Å². The van der Waals surface area contributed by atoms with Gasteiger partial charge in [0.25, 0.3) is 0 Å². The van der Waals surface area contributed by atoms with Gasteiger partial charge in [0, 0.05) is 51.4 Å². The van der Waals surface area contributed by atoms with Crippen molar-refractivity contribution in [2.45, 2.75) is 58.2 Å². The lowest BCUT2D eigenvalue weighted by Gasteiger charge is -2.46. The van der Waals surface area contributed by atoms with E-state index in [2.05, 4.69) is 34.6 Å². The molecule has 2 aliphatic heterocycles. The predicted molar refractivity (Wildman–Crippen MR) is 105 cm³/mol. The fourth-order valence-corrected chi connectivity index (χ4v) is 4.46. The summed E-state index contributed by atoms with van der Waals surface area (Å²) >= 11 is 0. The summed E-state index contributed by atoms with van der Waals surface area (Å²) in [4.78, 5) is 7.84. The van der Waals surface area contributed by atoms with E-state index in [4.69, 9.17) is 4.42 Å². The van der Waals surface area contributed by atoms with Crippen molar-refractivity contribution in [2.75, 3.05) is 45.9 Å². The van der Waals surface area contributed by atoms with Crippen LogP contribution in [0, 0.1) is 5.92 Å². The van der Waals surface area contributed by atoms with E-state index in [9.17, 15) is 5.11 Å². The van der Waals surface area contributed by atoms with Crippen LogP contribution in [-0.4, -0.2) is 77.8 Å². The highest BCUT2D eigenvalue weighted by atomic mass is 16.3. The molecule has 0 aliphatic carbocycles. The third kappa shape index (κ3) is 5.56. The molecule has 5 nitrogen and oxygen atoms in total. The number of furan rings is 1. The van der Waals surface area contributed by atoms with Gasteiger partial charge in [0.15, 0.2) is 0 Å². The number of piperazine rings is 1. The van der Waals surface area contributed by atoms with E-state index in [0.717, 1.165) is 50.8 Å². The summed E-state index contributed by atoms with van der Waals surface area (Å²) < 4.78 is 5.49. The SMILES string of the molecule is CC(C)CCN1CCN(C2CCN(Cc3ccco3)CC2)C[C@@H]1CCO. The van der Waals surface area contributed by atoms with Gasteiger partial charge in [-0.25, -0.2) is 0 Å². The van der Waals surface area contributed by atoms with Gasteiger partial charge in [-0.3, -0.25) is 14.7 Å². The highest BCUT2D eigenvalue weighted by Gasteiger charge is 2.32. The maximum Gasteiger partial charge on any atom is 0.117 e. The van der Waals surface area contributed by atoms with Gasteiger partial charge < -0.3 is 9.52 Å². The van der Waals surface area contributed by atoms with Crippen molar-refractivity contribution in [3.8, 4) is 0 Å². The Bertz CT molecular complexity index is 497. The topological polar surface area (TPSA) is 43.1 Å². The summed E-state index contributed by atoms with van der Waals surface area (Å²) in [5, 5.41) is 9.51. The van der Waals surface area contributed by atoms with Crippen molar-refractivity contribution in [3.63, 3.8) is 0 Å². The molecule has 2 aliphatic rings. The lowest BCUT2D eigenvalue weighted by atomic mass is 9.99. The number of hydrogen-bond donors (Lipinski definition) is 1. The zero-order valence-electron chi connectivity index (χ0n) is 16.6. The van der Waals surface area contributed by atoms with Gasteiger partial charge in [-0.15, -0.1) is 0 Å². The molecule has 2 saturated heterocycles. The molecule has 26 heavy (non-hydrogen) atoms. The van der Waals surface area contributed by atoms with E-state index in [0.29, 0.717) is 18.7 Å². The standard InChI is InChI=1S/C21H37N3O2/c1-18(2)5-11-23-12-13-24(16-20(23)8-14-25)19-6-9-22(10-7-19)17-21-4-3-15-26-21/h3-4,15,18-20,25H,5-14,16-17H2,1-2H3/t20-/m0/s1. The molecule has 5 heteroatoms. The molecule has 0 saturated carbocycles. The monoisotopic (exact) mass is 363 g/mol. The zero-order valence-corrected chi connectivity index (χ0v) is 16.6. The van der Waals surface area contributed by atoms with E-state index in [1.807, 2.05) is 6.07 Å². The Hall–Kier alpha value is -0.880. The van der Waals surface area contributed by atoms with E-state index in [-0.39, 0.29) is 0 Å². The number of aliphatic hydroxyl groups excluding tert-OH is 1. The average Bonchev–Trinajstić information content (AvgIpc) is 3.14. The first-order valence-corrected chi connectivity index (χ1v) is 10.5. The van der Waals surface area contributed by atoms with Crippen LogP contribution in [0.5, 0.6) is 0 Å². The van der Waals surface area contributed by atoms with Gasteiger partial charge in [-0.2, -0.15) is 0 Å². The van der Waals surface area contributed by atoms with Crippen LogP contribution in [0.2, 0.25) is 0 Å². The first-order chi connectivity index (χ1) is 12.7. The molecule has 0 amide bonds. The molecule has 1 aromatic heterocycles. The average molecular weight is 364 g/mol. The summed E-state index contributed by atoms with van der Waals surface area (Å²) in [7, 11) is 0. The molecule has 0 unspecified atom stereocenters. The number of rotatable bonds is 8. The number of hydrogen-bond acceptors (Lipinski definition) is 5. The van der Waals surface area contributed by atoms with Crippen molar-refractivity contribution in [2.24, 2.45) is 5.92 Å². The molecule has 2 fully saturated rings. The minimum absolute atomic E-state index is 0.304. The molecule has 0 aromatic carbocycles. The summed E-state index contributed by atoms with van der Waals surface area (Å²) in [5.41, 5.74) is 0. The van der Waals surface area contributed by atoms with Crippen molar-refractivity contribution < 1.29 is 9.52 Å². The van der Waals surface area contributed by atoms with Crippen LogP contribution in [0.1, 0.15) is 45.3 Å². The van der Waals surface area contributed by atoms with Crippen LogP contribution in [0.15, 0.2) is 22.8 Å². The van der Waals surface area contributed by atoms with Crippen LogP contribution >= 0.6 is 0 Å². The van der Waals surface area contributed by atoms with E-state index < -0.39 is 0 Å². The molecule has 0 radical (unpaired) electrons. The third-order valence-electron chi connectivity index (χ3n) is 6.13. The molecule has 3 heterocycles. The summed E-state index contributed by atoms with van der Waals surface area (Å²) in [6.45, 7) is 12.8. The van der Waals surface area contributed by atoms with Gasteiger partial charge in [0.05, 0.1) is 12.8 Å². The second-order valence-electron chi connectivity index (χ2n) is 8.47. The molecule has 0 bridgehead atoms. The summed E-state index contributed by atoms with van der Waals surface area (Å²) in [6, 6.07) is 5.27.